The van der Waals surface area contributed by atoms with Crippen LogP contribution in [-0.2, 0) is 6.54 Å². The van der Waals surface area contributed by atoms with Gasteiger partial charge in [0.15, 0.2) is 0 Å². The van der Waals surface area contributed by atoms with Gasteiger partial charge in [0.05, 0.1) is 6.33 Å². The van der Waals surface area contributed by atoms with Gasteiger partial charge in [-0.2, -0.15) is 0 Å². The fraction of sp³-hybridized carbons (Fsp3) is 0.667. The van der Waals surface area contributed by atoms with E-state index in [-0.39, 0.29) is 5.56 Å². The minimum absolute atomic E-state index is 0.0314. The highest BCUT2D eigenvalue weighted by atomic mass is 16.1. The molecule has 0 aliphatic carbocycles. The Labute approximate surface area is 96.7 Å². The Morgan fingerprint density at radius 2 is 2.12 bits per heavy atom. The van der Waals surface area contributed by atoms with Gasteiger partial charge in [0.25, 0.3) is 5.56 Å². The number of aryl methyl sites for hydroxylation is 1. The van der Waals surface area contributed by atoms with Gasteiger partial charge in [-0.3, -0.25) is 9.36 Å². The fourth-order valence-corrected chi connectivity index (χ4v) is 1.49. The van der Waals surface area contributed by atoms with Crippen LogP contribution in [0.25, 0.3) is 0 Å². The Morgan fingerprint density at radius 1 is 1.44 bits per heavy atom. The molecule has 4 heteroatoms. The van der Waals surface area contributed by atoms with E-state index in [0.29, 0.717) is 18.5 Å². The van der Waals surface area contributed by atoms with Gasteiger partial charge in [0.2, 0.25) is 0 Å². The summed E-state index contributed by atoms with van der Waals surface area (Å²) in [6.07, 6.45) is 1.63. The molecule has 1 heterocycles. The maximum atomic E-state index is 11.6. The Morgan fingerprint density at radius 3 is 2.69 bits per heavy atom. The van der Waals surface area contributed by atoms with E-state index in [2.05, 4.69) is 31.1 Å². The first-order valence-corrected chi connectivity index (χ1v) is 5.75. The molecule has 0 saturated heterocycles. The van der Waals surface area contributed by atoms with Crippen molar-refractivity contribution in [1.29, 1.82) is 0 Å². The molecule has 0 bridgehead atoms. The fourth-order valence-electron chi connectivity index (χ4n) is 1.49. The zero-order chi connectivity index (χ0) is 12.1. The molecule has 1 aromatic rings. The summed E-state index contributed by atoms with van der Waals surface area (Å²) in [5, 5.41) is 3.36. The second-order valence-electron chi connectivity index (χ2n) is 4.69. The number of hydrogen-bond donors (Lipinski definition) is 1. The Kier molecular flexibility index (Phi) is 4.68. The van der Waals surface area contributed by atoms with Gasteiger partial charge >= 0.3 is 0 Å². The van der Waals surface area contributed by atoms with Crippen LogP contribution in [0.1, 0.15) is 26.5 Å². The summed E-state index contributed by atoms with van der Waals surface area (Å²) in [6, 6.07) is 2.05. The van der Waals surface area contributed by atoms with Gasteiger partial charge in [-0.1, -0.05) is 20.8 Å². The van der Waals surface area contributed by atoms with Gasteiger partial charge in [-0.05, 0) is 19.4 Å². The lowest BCUT2D eigenvalue weighted by atomic mass is 10.1. The SMILES string of the molecule is Cc1cc(=O)n(CC(C)CNC(C)C)cn1. The first kappa shape index (κ1) is 12.9. The molecule has 4 nitrogen and oxygen atoms in total. The first-order valence-electron chi connectivity index (χ1n) is 5.75. The van der Waals surface area contributed by atoms with Crippen LogP contribution in [0.4, 0.5) is 0 Å². The molecule has 1 N–H and O–H groups in total. The van der Waals surface area contributed by atoms with Crippen LogP contribution >= 0.6 is 0 Å². The normalized spacial score (nSPS) is 13.1. The van der Waals surface area contributed by atoms with Gasteiger partial charge in [-0.25, -0.2) is 4.98 Å². The van der Waals surface area contributed by atoms with Crippen LogP contribution < -0.4 is 10.9 Å². The Bertz CT molecular complexity index is 384. The van der Waals surface area contributed by atoms with E-state index in [1.807, 2.05) is 6.92 Å². The van der Waals surface area contributed by atoms with Crippen LogP contribution in [0.3, 0.4) is 0 Å². The molecule has 0 amide bonds. The van der Waals surface area contributed by atoms with E-state index >= 15 is 0 Å². The predicted molar refractivity (Wildman–Crippen MR) is 65.5 cm³/mol. The second kappa shape index (κ2) is 5.80. The zero-order valence-corrected chi connectivity index (χ0v) is 10.5. The predicted octanol–water partition coefficient (Wildman–Crippen LogP) is 1.19. The molecule has 0 saturated carbocycles. The van der Waals surface area contributed by atoms with Crippen molar-refractivity contribution in [2.45, 2.75) is 40.3 Å². The maximum absolute atomic E-state index is 11.6. The van der Waals surface area contributed by atoms with Gasteiger partial charge < -0.3 is 5.32 Å². The van der Waals surface area contributed by atoms with Crippen LogP contribution in [0.5, 0.6) is 0 Å². The molecule has 0 fully saturated rings. The Balaban J connectivity index is 2.56. The zero-order valence-electron chi connectivity index (χ0n) is 10.5. The minimum Gasteiger partial charge on any atom is -0.314 e. The lowest BCUT2D eigenvalue weighted by Crippen LogP contribution is -2.32. The molecule has 1 aromatic heterocycles. The third-order valence-electron chi connectivity index (χ3n) is 2.40. The third kappa shape index (κ3) is 4.14. The number of aromatic nitrogens is 2. The van der Waals surface area contributed by atoms with Crippen LogP contribution in [0.2, 0.25) is 0 Å². The van der Waals surface area contributed by atoms with E-state index < -0.39 is 0 Å². The average Bonchev–Trinajstić information content (AvgIpc) is 2.19. The highest BCUT2D eigenvalue weighted by Gasteiger charge is 2.05. The molecule has 90 valence electrons. The van der Waals surface area contributed by atoms with E-state index in [1.165, 1.54) is 0 Å². The van der Waals surface area contributed by atoms with Crippen molar-refractivity contribution in [3.05, 3.63) is 28.4 Å². The maximum Gasteiger partial charge on any atom is 0.253 e. The molecular weight excluding hydrogens is 202 g/mol. The molecule has 0 aromatic carbocycles. The lowest BCUT2D eigenvalue weighted by molar-refractivity contribution is 0.417. The second-order valence-corrected chi connectivity index (χ2v) is 4.69. The van der Waals surface area contributed by atoms with Crippen LogP contribution in [0.15, 0.2) is 17.2 Å². The molecule has 16 heavy (non-hydrogen) atoms. The van der Waals surface area contributed by atoms with Gasteiger partial charge in [0.1, 0.15) is 0 Å². The van der Waals surface area contributed by atoms with Crippen molar-refractivity contribution in [2.24, 2.45) is 5.92 Å². The summed E-state index contributed by atoms with van der Waals surface area (Å²) in [5.41, 5.74) is 0.804. The lowest BCUT2D eigenvalue weighted by Gasteiger charge is -2.15. The van der Waals surface area contributed by atoms with Crippen molar-refractivity contribution in [1.82, 2.24) is 14.9 Å². The number of rotatable bonds is 5. The highest BCUT2D eigenvalue weighted by molar-refractivity contribution is 4.96. The first-order chi connectivity index (χ1) is 7.49. The number of hydrogen-bond acceptors (Lipinski definition) is 3. The monoisotopic (exact) mass is 223 g/mol. The standard InChI is InChI=1S/C12H21N3O/c1-9(2)13-6-10(3)7-15-8-14-11(4)5-12(15)16/h5,8-10,13H,6-7H2,1-4H3. The van der Waals surface area contributed by atoms with E-state index in [1.54, 1.807) is 17.0 Å². The van der Waals surface area contributed by atoms with Crippen molar-refractivity contribution in [3.63, 3.8) is 0 Å². The van der Waals surface area contributed by atoms with E-state index in [4.69, 9.17) is 0 Å². The summed E-state index contributed by atoms with van der Waals surface area (Å²) < 4.78 is 1.67. The Hall–Kier alpha value is -1.16. The quantitative estimate of drug-likeness (QED) is 0.815. The van der Waals surface area contributed by atoms with Crippen molar-refractivity contribution in [2.75, 3.05) is 6.54 Å². The summed E-state index contributed by atoms with van der Waals surface area (Å²) in [5.74, 6) is 0.421. The van der Waals surface area contributed by atoms with Crippen LogP contribution in [0, 0.1) is 12.8 Å². The third-order valence-corrected chi connectivity index (χ3v) is 2.40. The smallest absolute Gasteiger partial charge is 0.253 e. The molecule has 1 unspecified atom stereocenters. The topological polar surface area (TPSA) is 46.9 Å². The molecule has 0 aliphatic rings. The van der Waals surface area contributed by atoms with Crippen molar-refractivity contribution >= 4 is 0 Å². The molecule has 1 rings (SSSR count). The largest absolute Gasteiger partial charge is 0.314 e. The van der Waals surface area contributed by atoms with E-state index in [9.17, 15) is 4.79 Å². The summed E-state index contributed by atoms with van der Waals surface area (Å²) in [4.78, 5) is 15.7. The number of nitrogens with zero attached hydrogens (tertiary/aromatic N) is 2. The van der Waals surface area contributed by atoms with Crippen molar-refractivity contribution < 1.29 is 0 Å². The highest BCUT2D eigenvalue weighted by Crippen LogP contribution is 1.97. The van der Waals surface area contributed by atoms with Gasteiger partial charge in [-0.15, -0.1) is 0 Å². The van der Waals surface area contributed by atoms with Gasteiger partial charge in [0, 0.05) is 24.3 Å². The molecule has 0 spiro atoms. The van der Waals surface area contributed by atoms with Crippen molar-refractivity contribution in [3.8, 4) is 0 Å². The summed E-state index contributed by atoms with van der Waals surface area (Å²) in [6.45, 7) is 9.82. The van der Waals surface area contributed by atoms with E-state index in [0.717, 1.165) is 12.2 Å². The average molecular weight is 223 g/mol. The molecule has 1 atom stereocenters. The molecule has 0 aliphatic heterocycles. The minimum atomic E-state index is 0.0314. The summed E-state index contributed by atoms with van der Waals surface area (Å²) in [7, 11) is 0. The molecular formula is C12H21N3O. The number of nitrogens with one attached hydrogen (secondary N) is 1. The molecule has 0 radical (unpaired) electrons. The summed E-state index contributed by atoms with van der Waals surface area (Å²) >= 11 is 0. The van der Waals surface area contributed by atoms with Crippen LogP contribution in [-0.4, -0.2) is 22.1 Å².